The van der Waals surface area contributed by atoms with Crippen LogP contribution in [0.25, 0.3) is 10.4 Å². The Morgan fingerprint density at radius 3 is 2.55 bits per heavy atom. The van der Waals surface area contributed by atoms with Crippen LogP contribution < -0.4 is 20.9 Å². The minimum atomic E-state index is -4.44. The Balaban J connectivity index is 1.48. The quantitative estimate of drug-likeness (QED) is 0.127. The van der Waals surface area contributed by atoms with Crippen LogP contribution in [0.5, 0.6) is 5.75 Å². The van der Waals surface area contributed by atoms with Crippen molar-refractivity contribution in [1.82, 2.24) is 14.6 Å². The molecule has 0 radical (unpaired) electrons. The summed E-state index contributed by atoms with van der Waals surface area (Å²) in [5.41, 5.74) is 5.40. The number of benzene rings is 1. The Bertz CT molecular complexity index is 1580. The van der Waals surface area contributed by atoms with Crippen LogP contribution in [0.1, 0.15) is 59.6 Å². The fourth-order valence-corrected chi connectivity index (χ4v) is 6.91. The lowest BCUT2D eigenvalue weighted by molar-refractivity contribution is -0.237. The van der Waals surface area contributed by atoms with Gasteiger partial charge in [0.05, 0.1) is 6.61 Å². The van der Waals surface area contributed by atoms with Gasteiger partial charge in [-0.3, -0.25) is 23.7 Å². The molecule has 17 heteroatoms. The average molecular weight is 635 g/mol. The average Bonchev–Trinajstić information content (AvgIpc) is 3.64. The Labute approximate surface area is 252 Å². The number of hydrogen-bond acceptors (Lipinski definition) is 11. The maximum atomic E-state index is 14.2. The molecule has 1 aromatic heterocycles. The fourth-order valence-electron chi connectivity index (χ4n) is 5.40. The van der Waals surface area contributed by atoms with Gasteiger partial charge in [0.2, 0.25) is 5.72 Å². The van der Waals surface area contributed by atoms with E-state index in [1.165, 1.54) is 25.3 Å². The van der Waals surface area contributed by atoms with Crippen LogP contribution in [0.15, 0.2) is 57.3 Å². The predicted molar refractivity (Wildman–Crippen MR) is 153 cm³/mol. The van der Waals surface area contributed by atoms with Gasteiger partial charge >= 0.3 is 19.4 Å². The van der Waals surface area contributed by atoms with E-state index >= 15 is 0 Å². The third kappa shape index (κ3) is 6.76. The number of para-hydroxylation sites is 1. The maximum Gasteiger partial charge on any atom is 0.459 e. The molecular formula is C27H35N6O10P. The summed E-state index contributed by atoms with van der Waals surface area (Å²) in [5.74, 6) is -1.58. The van der Waals surface area contributed by atoms with Crippen LogP contribution in [0, 0.1) is 0 Å². The van der Waals surface area contributed by atoms with Crippen molar-refractivity contribution in [2.75, 3.05) is 6.61 Å². The molecule has 16 nitrogen and oxygen atoms in total. The SMILES string of the molecule is C[C@H](NP(=O)(OC[C@@]1(N=[N+]=[N-])O[C@@H](n2ccc(=O)[nH]c2=O)[C@@H]2OC3(CCCC3)O[C@@H]21)Oc1ccccc1)C(=O)OC(C)(C)C. The van der Waals surface area contributed by atoms with Crippen molar-refractivity contribution < 1.29 is 37.4 Å². The van der Waals surface area contributed by atoms with Gasteiger partial charge in [-0.25, -0.2) is 9.36 Å². The van der Waals surface area contributed by atoms with Crippen molar-refractivity contribution in [1.29, 1.82) is 0 Å². The summed E-state index contributed by atoms with van der Waals surface area (Å²) in [4.78, 5) is 42.4. The second-order valence-electron chi connectivity index (χ2n) is 11.9. The van der Waals surface area contributed by atoms with E-state index in [1.807, 2.05) is 0 Å². The first-order chi connectivity index (χ1) is 20.8. The number of carbonyl (C=O) groups is 1. The molecule has 2 N–H and O–H groups in total. The van der Waals surface area contributed by atoms with Gasteiger partial charge in [0.1, 0.15) is 29.6 Å². The molecule has 2 aromatic rings. The molecule has 2 saturated heterocycles. The van der Waals surface area contributed by atoms with Gasteiger partial charge in [-0.15, -0.1) is 0 Å². The number of ether oxygens (including phenoxy) is 4. The second kappa shape index (κ2) is 12.1. The molecule has 1 spiro atoms. The number of nitrogens with one attached hydrogen (secondary N) is 2. The summed E-state index contributed by atoms with van der Waals surface area (Å²) in [6.45, 7) is 5.80. The molecule has 238 valence electrons. The van der Waals surface area contributed by atoms with E-state index < -0.39 is 73.2 Å². The predicted octanol–water partition coefficient (Wildman–Crippen LogP) is 3.65. The van der Waals surface area contributed by atoms with Gasteiger partial charge in [0, 0.05) is 30.0 Å². The van der Waals surface area contributed by atoms with Crippen molar-refractivity contribution in [2.24, 2.45) is 5.11 Å². The van der Waals surface area contributed by atoms with E-state index in [2.05, 4.69) is 20.1 Å². The van der Waals surface area contributed by atoms with Crippen LogP contribution >= 0.6 is 7.75 Å². The van der Waals surface area contributed by atoms with Gasteiger partial charge in [-0.2, -0.15) is 5.09 Å². The zero-order valence-corrected chi connectivity index (χ0v) is 25.6. The topological polar surface area (TPSA) is 205 Å². The number of hydrogen-bond donors (Lipinski definition) is 2. The van der Waals surface area contributed by atoms with E-state index in [-0.39, 0.29) is 5.75 Å². The van der Waals surface area contributed by atoms with Gasteiger partial charge in [-0.05, 0) is 58.2 Å². The van der Waals surface area contributed by atoms with Crippen LogP contribution in [-0.4, -0.2) is 57.5 Å². The number of azide groups is 1. The van der Waals surface area contributed by atoms with Crippen molar-refractivity contribution in [3.8, 4) is 5.75 Å². The molecule has 44 heavy (non-hydrogen) atoms. The largest absolute Gasteiger partial charge is 0.459 e. The summed E-state index contributed by atoms with van der Waals surface area (Å²) >= 11 is 0. The van der Waals surface area contributed by atoms with Crippen molar-refractivity contribution >= 4 is 13.7 Å². The highest BCUT2D eigenvalue weighted by Crippen LogP contribution is 2.55. The van der Waals surface area contributed by atoms with Gasteiger partial charge in [0.25, 0.3) is 5.56 Å². The number of H-pyrrole nitrogens is 1. The lowest BCUT2D eigenvalue weighted by Crippen LogP contribution is -2.46. The third-order valence-corrected chi connectivity index (χ3v) is 8.89. The first kappa shape index (κ1) is 31.9. The Morgan fingerprint density at radius 2 is 1.91 bits per heavy atom. The molecule has 3 fully saturated rings. The van der Waals surface area contributed by atoms with Gasteiger partial charge in [-0.1, -0.05) is 23.3 Å². The molecule has 3 aliphatic rings. The summed E-state index contributed by atoms with van der Waals surface area (Å²) in [5, 5.41) is 6.49. The summed E-state index contributed by atoms with van der Waals surface area (Å²) in [7, 11) is -4.44. The monoisotopic (exact) mass is 634 g/mol. The number of nitrogens with zero attached hydrogens (tertiary/aromatic N) is 4. The number of fused-ring (bicyclic) bond motifs is 1. The minimum Gasteiger partial charge on any atom is -0.459 e. The van der Waals surface area contributed by atoms with Crippen molar-refractivity contribution in [3.05, 3.63) is 73.9 Å². The van der Waals surface area contributed by atoms with E-state index in [9.17, 15) is 24.5 Å². The zero-order valence-electron chi connectivity index (χ0n) is 24.7. The first-order valence-electron chi connectivity index (χ1n) is 14.2. The summed E-state index contributed by atoms with van der Waals surface area (Å²) in [6, 6.07) is 8.09. The van der Waals surface area contributed by atoms with Gasteiger partial charge < -0.3 is 23.5 Å². The molecule has 1 aliphatic carbocycles. The van der Waals surface area contributed by atoms with Gasteiger partial charge in [0.15, 0.2) is 12.0 Å². The normalized spacial score (nSPS) is 27.7. The van der Waals surface area contributed by atoms with Crippen molar-refractivity contribution in [3.63, 3.8) is 0 Å². The molecule has 1 unspecified atom stereocenters. The molecule has 0 bridgehead atoms. The Kier molecular flexibility index (Phi) is 8.80. The number of carbonyl (C=O) groups excluding carboxylic acids is 1. The molecule has 6 atom stereocenters. The van der Waals surface area contributed by atoms with Crippen molar-refractivity contribution in [2.45, 2.75) is 95.0 Å². The fraction of sp³-hybridized carbons (Fsp3) is 0.593. The highest BCUT2D eigenvalue weighted by Gasteiger charge is 2.66. The number of aromatic nitrogens is 2. The number of esters is 1. The van der Waals surface area contributed by atoms with E-state index in [0.29, 0.717) is 12.8 Å². The van der Waals surface area contributed by atoms with Crippen LogP contribution in [0.3, 0.4) is 0 Å². The van der Waals surface area contributed by atoms with Crippen LogP contribution in [0.4, 0.5) is 0 Å². The Morgan fingerprint density at radius 1 is 1.20 bits per heavy atom. The zero-order chi connectivity index (χ0) is 31.8. The molecule has 1 aromatic carbocycles. The highest BCUT2D eigenvalue weighted by atomic mass is 31.2. The molecule has 0 amide bonds. The number of rotatable bonds is 10. The molecule has 1 saturated carbocycles. The van der Waals surface area contributed by atoms with E-state index in [4.69, 9.17) is 28.0 Å². The molecular weight excluding hydrogens is 599 g/mol. The van der Waals surface area contributed by atoms with Crippen LogP contribution in [-0.2, 0) is 32.8 Å². The standard InChI is InChI=1S/C27H35N6O10P/c1-17(23(35)42-25(2,3)4)30-44(37,43-18-10-6-5-7-11-18)38-16-27(31-32-28)21-20(39-26(40-21)13-8-9-14-26)22(41-27)33-15-12-19(34)29-24(33)36/h5-7,10-12,15,17,20-22H,8-9,13-14,16H2,1-4H3,(H,30,37)(H,29,34,36)/t17-,20+,21-,22+,27+,44?/m0/s1. The number of aromatic amines is 1. The maximum absolute atomic E-state index is 14.2. The summed E-state index contributed by atoms with van der Waals surface area (Å²) in [6.07, 6.45) is 0.647. The van der Waals surface area contributed by atoms with Crippen LogP contribution in [0.2, 0.25) is 0 Å². The first-order valence-corrected chi connectivity index (χ1v) is 15.7. The molecule has 5 rings (SSSR count). The molecule has 2 aliphatic heterocycles. The lowest BCUT2D eigenvalue weighted by Gasteiger charge is -2.33. The second-order valence-corrected chi connectivity index (χ2v) is 13.6. The third-order valence-electron chi connectivity index (χ3n) is 7.27. The Hall–Kier alpha value is -3.49. The van der Waals surface area contributed by atoms with E-state index in [1.54, 1.807) is 39.0 Å². The smallest absolute Gasteiger partial charge is 0.459 e. The minimum absolute atomic E-state index is 0.158. The van der Waals surface area contributed by atoms with E-state index in [0.717, 1.165) is 23.5 Å². The molecule has 3 heterocycles. The highest BCUT2D eigenvalue weighted by molar-refractivity contribution is 7.52. The lowest BCUT2D eigenvalue weighted by atomic mass is 10.1. The summed E-state index contributed by atoms with van der Waals surface area (Å²) < 4.78 is 51.2.